The van der Waals surface area contributed by atoms with Gasteiger partial charge >= 0.3 is 0 Å². The third kappa shape index (κ3) is 2.99. The molecule has 2 aromatic heterocycles. The molecule has 128 valence electrons. The van der Waals surface area contributed by atoms with E-state index in [1.165, 1.54) is 37.5 Å². The molecule has 0 radical (unpaired) electrons. The van der Waals surface area contributed by atoms with Gasteiger partial charge in [0.15, 0.2) is 5.82 Å². The van der Waals surface area contributed by atoms with Crippen LogP contribution in [0.5, 0.6) is 5.75 Å². The molecule has 6 heteroatoms. The molecule has 3 aromatic rings. The number of hydrogen-bond donors (Lipinski definition) is 2. The molecule has 0 spiro atoms. The zero-order valence-corrected chi connectivity index (χ0v) is 13.7. The quantitative estimate of drug-likeness (QED) is 0.746. The molecular weight excluding hydrogens is 319 g/mol. The summed E-state index contributed by atoms with van der Waals surface area (Å²) < 4.78 is 14.3. The fraction of sp³-hybridized carbons (Fsp3) is 0.316. The molecule has 1 saturated carbocycles. The summed E-state index contributed by atoms with van der Waals surface area (Å²) in [5.74, 6) is -0.0182. The van der Waals surface area contributed by atoms with E-state index in [-0.39, 0.29) is 11.3 Å². The summed E-state index contributed by atoms with van der Waals surface area (Å²) in [4.78, 5) is 4.18. The number of halogens is 1. The Kier molecular flexibility index (Phi) is 4.17. The third-order valence-electron chi connectivity index (χ3n) is 4.76. The summed E-state index contributed by atoms with van der Waals surface area (Å²) >= 11 is 0. The average Bonchev–Trinajstić information content (AvgIpc) is 2.64. The Morgan fingerprint density at radius 2 is 1.88 bits per heavy atom. The largest absolute Gasteiger partial charge is 0.507 e. The molecule has 0 bridgehead atoms. The van der Waals surface area contributed by atoms with E-state index in [9.17, 15) is 9.50 Å². The second-order valence-electron chi connectivity index (χ2n) is 6.43. The molecule has 0 atom stereocenters. The Bertz CT molecular complexity index is 889. The van der Waals surface area contributed by atoms with E-state index in [0.29, 0.717) is 22.9 Å². The molecule has 0 amide bonds. The van der Waals surface area contributed by atoms with Gasteiger partial charge < -0.3 is 10.4 Å². The van der Waals surface area contributed by atoms with Crippen molar-refractivity contribution in [2.45, 2.75) is 38.1 Å². The number of rotatable bonds is 3. The van der Waals surface area contributed by atoms with Crippen LogP contribution in [0.3, 0.4) is 0 Å². The summed E-state index contributed by atoms with van der Waals surface area (Å²) in [6.45, 7) is 0. The van der Waals surface area contributed by atoms with E-state index >= 15 is 0 Å². The van der Waals surface area contributed by atoms with E-state index < -0.39 is 5.82 Å². The van der Waals surface area contributed by atoms with Crippen LogP contribution in [0.15, 0.2) is 36.7 Å². The molecule has 25 heavy (non-hydrogen) atoms. The predicted octanol–water partition coefficient (Wildman–Crippen LogP) is 4.28. The van der Waals surface area contributed by atoms with Crippen LogP contribution < -0.4 is 5.32 Å². The number of aromatic hydroxyl groups is 1. The highest BCUT2D eigenvalue weighted by Crippen LogP contribution is 2.36. The lowest BCUT2D eigenvalue weighted by molar-refractivity contribution is 0.462. The number of hydrogen-bond acceptors (Lipinski definition) is 5. The summed E-state index contributed by atoms with van der Waals surface area (Å²) in [7, 11) is 0. The van der Waals surface area contributed by atoms with E-state index in [1.807, 2.05) is 0 Å². The molecule has 1 aliphatic rings. The number of anilines is 1. The second-order valence-corrected chi connectivity index (χ2v) is 6.43. The maximum Gasteiger partial charge on any atom is 0.158 e. The highest BCUT2D eigenvalue weighted by atomic mass is 19.1. The number of pyridine rings is 1. The lowest BCUT2D eigenvalue weighted by Gasteiger charge is -2.23. The number of aromatic nitrogens is 3. The molecule has 1 aliphatic carbocycles. The first-order valence-corrected chi connectivity index (χ1v) is 8.59. The Labute approximate surface area is 144 Å². The van der Waals surface area contributed by atoms with Gasteiger partial charge in [0.05, 0.1) is 5.56 Å². The number of phenols is 1. The van der Waals surface area contributed by atoms with Gasteiger partial charge in [-0.15, -0.1) is 10.2 Å². The number of nitrogens with one attached hydrogen (secondary N) is 1. The van der Waals surface area contributed by atoms with E-state index in [1.54, 1.807) is 18.5 Å². The maximum atomic E-state index is 14.3. The third-order valence-corrected chi connectivity index (χ3v) is 4.76. The lowest BCUT2D eigenvalue weighted by Crippen LogP contribution is -2.23. The van der Waals surface area contributed by atoms with Crippen LogP contribution >= 0.6 is 0 Å². The van der Waals surface area contributed by atoms with Crippen molar-refractivity contribution in [1.82, 2.24) is 15.2 Å². The van der Waals surface area contributed by atoms with Crippen LogP contribution in [-0.4, -0.2) is 26.3 Å². The highest BCUT2D eigenvalue weighted by Gasteiger charge is 2.20. The van der Waals surface area contributed by atoms with Crippen LogP contribution in [0.2, 0.25) is 0 Å². The number of benzene rings is 1. The normalized spacial score (nSPS) is 15.4. The Morgan fingerprint density at radius 3 is 2.68 bits per heavy atom. The minimum Gasteiger partial charge on any atom is -0.507 e. The maximum absolute atomic E-state index is 14.3. The standard InChI is InChI=1S/C19H19FN4O/c20-15-7-4-8-16(25)17(15)18-13-9-10-21-11-14(13)19(24-23-18)22-12-5-2-1-3-6-12/h4,7-12,25H,1-3,5-6H2,(H,22,24). The van der Waals surface area contributed by atoms with Gasteiger partial charge in [0.25, 0.3) is 0 Å². The smallest absolute Gasteiger partial charge is 0.158 e. The Balaban J connectivity index is 1.82. The van der Waals surface area contributed by atoms with Crippen molar-refractivity contribution in [2.24, 2.45) is 0 Å². The van der Waals surface area contributed by atoms with Crippen LogP contribution in [0.1, 0.15) is 32.1 Å². The molecule has 0 unspecified atom stereocenters. The number of fused-ring (bicyclic) bond motifs is 1. The molecule has 4 rings (SSSR count). The van der Waals surface area contributed by atoms with Crippen molar-refractivity contribution in [2.75, 3.05) is 5.32 Å². The molecular formula is C19H19FN4O. The first kappa shape index (κ1) is 15.7. The predicted molar refractivity (Wildman–Crippen MR) is 94.9 cm³/mol. The molecule has 0 saturated heterocycles. The summed E-state index contributed by atoms with van der Waals surface area (Å²) in [6, 6.07) is 6.36. The Hall–Kier alpha value is -2.76. The molecule has 5 nitrogen and oxygen atoms in total. The molecule has 2 heterocycles. The van der Waals surface area contributed by atoms with Crippen molar-refractivity contribution >= 4 is 16.6 Å². The topological polar surface area (TPSA) is 70.9 Å². The van der Waals surface area contributed by atoms with Gasteiger partial charge in [-0.2, -0.15) is 0 Å². The molecule has 1 aromatic carbocycles. The first-order valence-electron chi connectivity index (χ1n) is 8.59. The van der Waals surface area contributed by atoms with Crippen molar-refractivity contribution in [1.29, 1.82) is 0 Å². The van der Waals surface area contributed by atoms with Crippen molar-refractivity contribution in [3.05, 3.63) is 42.5 Å². The zero-order valence-electron chi connectivity index (χ0n) is 13.7. The molecule has 0 aliphatic heterocycles. The monoisotopic (exact) mass is 338 g/mol. The fourth-order valence-corrected chi connectivity index (χ4v) is 3.48. The van der Waals surface area contributed by atoms with Gasteiger partial charge in [0, 0.05) is 29.2 Å². The molecule has 2 N–H and O–H groups in total. The highest BCUT2D eigenvalue weighted by molar-refractivity contribution is 6.00. The van der Waals surface area contributed by atoms with E-state index in [2.05, 4.69) is 20.5 Å². The zero-order chi connectivity index (χ0) is 17.2. The minimum absolute atomic E-state index is 0.0652. The van der Waals surface area contributed by atoms with Gasteiger partial charge in [-0.1, -0.05) is 25.3 Å². The van der Waals surface area contributed by atoms with Gasteiger partial charge in [-0.05, 0) is 31.0 Å². The van der Waals surface area contributed by atoms with Gasteiger partial charge in [0.1, 0.15) is 17.3 Å². The van der Waals surface area contributed by atoms with Crippen LogP contribution in [0.25, 0.3) is 22.0 Å². The summed E-state index contributed by atoms with van der Waals surface area (Å²) in [6.07, 6.45) is 9.26. The van der Waals surface area contributed by atoms with E-state index in [4.69, 9.17) is 0 Å². The van der Waals surface area contributed by atoms with Gasteiger partial charge in [0.2, 0.25) is 0 Å². The number of phenolic OH excluding ortho intramolecular Hbond substituents is 1. The lowest BCUT2D eigenvalue weighted by atomic mass is 9.95. The van der Waals surface area contributed by atoms with Crippen molar-refractivity contribution < 1.29 is 9.50 Å². The summed E-state index contributed by atoms with van der Waals surface area (Å²) in [5, 5.41) is 23.6. The second kappa shape index (κ2) is 6.63. The average molecular weight is 338 g/mol. The molecule has 1 fully saturated rings. The van der Waals surface area contributed by atoms with Gasteiger partial charge in [-0.3, -0.25) is 4.98 Å². The van der Waals surface area contributed by atoms with Crippen LogP contribution in [0, 0.1) is 5.82 Å². The minimum atomic E-state index is -0.527. The van der Waals surface area contributed by atoms with Crippen LogP contribution in [-0.2, 0) is 0 Å². The van der Waals surface area contributed by atoms with Crippen LogP contribution in [0.4, 0.5) is 10.2 Å². The van der Waals surface area contributed by atoms with Gasteiger partial charge in [-0.25, -0.2) is 4.39 Å². The van der Waals surface area contributed by atoms with Crippen molar-refractivity contribution in [3.8, 4) is 17.0 Å². The summed E-state index contributed by atoms with van der Waals surface area (Å²) in [5.41, 5.74) is 0.387. The number of nitrogens with zero attached hydrogens (tertiary/aromatic N) is 3. The Morgan fingerprint density at radius 1 is 1.04 bits per heavy atom. The SMILES string of the molecule is Oc1cccc(F)c1-c1nnc(NC2CCCCC2)c2cnccc12. The van der Waals surface area contributed by atoms with E-state index in [0.717, 1.165) is 18.2 Å². The van der Waals surface area contributed by atoms with Crippen molar-refractivity contribution in [3.63, 3.8) is 0 Å². The fourth-order valence-electron chi connectivity index (χ4n) is 3.48. The first-order chi connectivity index (χ1) is 12.2.